The summed E-state index contributed by atoms with van der Waals surface area (Å²) >= 11 is 3.31. The van der Waals surface area contributed by atoms with E-state index in [2.05, 4.69) is 20.9 Å². The summed E-state index contributed by atoms with van der Waals surface area (Å²) in [5.74, 6) is -0.0506. The molecule has 1 amide bonds. The van der Waals surface area contributed by atoms with Gasteiger partial charge in [-0.1, -0.05) is 0 Å². The van der Waals surface area contributed by atoms with E-state index in [-0.39, 0.29) is 18.1 Å². The molecule has 2 heterocycles. The van der Waals surface area contributed by atoms with Crippen molar-refractivity contribution in [2.24, 2.45) is 0 Å². The van der Waals surface area contributed by atoms with Crippen molar-refractivity contribution in [1.29, 1.82) is 0 Å². The van der Waals surface area contributed by atoms with Crippen molar-refractivity contribution in [2.45, 2.75) is 12.2 Å². The Morgan fingerprint density at radius 2 is 1.94 bits per heavy atom. The van der Waals surface area contributed by atoms with Crippen LogP contribution in [0.25, 0.3) is 0 Å². The van der Waals surface area contributed by atoms with Crippen molar-refractivity contribution in [1.82, 2.24) is 9.88 Å². The highest BCUT2D eigenvalue weighted by Crippen LogP contribution is 2.19. The van der Waals surface area contributed by atoms with E-state index in [0.717, 1.165) is 4.47 Å². The quantitative estimate of drug-likeness (QED) is 0.844. The molecular weight excluding hydrogens is 300 g/mol. The maximum atomic E-state index is 12.3. The lowest BCUT2D eigenvalue weighted by Crippen LogP contribution is -2.30. The topological polar surface area (TPSA) is 51.7 Å². The smallest absolute Gasteiger partial charge is 0.255 e. The van der Waals surface area contributed by atoms with E-state index >= 15 is 0 Å². The van der Waals surface area contributed by atoms with E-state index < -0.39 is 0 Å². The molecule has 6 heteroatoms. The van der Waals surface area contributed by atoms with E-state index in [4.69, 9.17) is 9.47 Å². The summed E-state index contributed by atoms with van der Waals surface area (Å²) in [5.41, 5.74) is 0.566. The van der Waals surface area contributed by atoms with Crippen LogP contribution < -0.4 is 0 Å². The van der Waals surface area contributed by atoms with Gasteiger partial charge in [0.25, 0.3) is 5.91 Å². The molecule has 0 saturated carbocycles. The predicted molar refractivity (Wildman–Crippen MR) is 69.4 cm³/mol. The lowest BCUT2D eigenvalue weighted by molar-refractivity contribution is -0.00461. The molecule has 2 unspecified atom stereocenters. The molecular formula is C12H15BrN2O3. The molecule has 98 valence electrons. The Bertz CT molecular complexity index is 429. The van der Waals surface area contributed by atoms with Crippen LogP contribution in [0.3, 0.4) is 0 Å². The van der Waals surface area contributed by atoms with Crippen LogP contribution in [0.5, 0.6) is 0 Å². The standard InChI is InChI=1S/C12H15BrN2O3/c1-17-10-6-15(7-11(10)18-2)12(16)8-3-9(13)5-14-4-8/h3-5,10-11H,6-7H2,1-2H3. The average molecular weight is 315 g/mol. The number of amides is 1. The number of aromatic nitrogens is 1. The van der Waals surface area contributed by atoms with Gasteiger partial charge in [0, 0.05) is 44.2 Å². The maximum Gasteiger partial charge on any atom is 0.255 e. The number of nitrogens with zero attached hydrogens (tertiary/aromatic N) is 2. The number of halogens is 1. The van der Waals surface area contributed by atoms with Crippen LogP contribution in [0.15, 0.2) is 22.9 Å². The first-order valence-electron chi connectivity index (χ1n) is 5.61. The van der Waals surface area contributed by atoms with Gasteiger partial charge in [0.1, 0.15) is 12.2 Å². The van der Waals surface area contributed by atoms with Crippen molar-refractivity contribution in [3.05, 3.63) is 28.5 Å². The minimum atomic E-state index is -0.0703. The molecule has 0 radical (unpaired) electrons. The van der Waals surface area contributed by atoms with Crippen LogP contribution in [-0.4, -0.2) is 55.3 Å². The van der Waals surface area contributed by atoms with Gasteiger partial charge in [0.15, 0.2) is 0 Å². The molecule has 0 aliphatic carbocycles. The summed E-state index contributed by atoms with van der Waals surface area (Å²) in [6.07, 6.45) is 3.07. The molecule has 1 fully saturated rings. The van der Waals surface area contributed by atoms with Crippen molar-refractivity contribution < 1.29 is 14.3 Å². The van der Waals surface area contributed by atoms with Gasteiger partial charge in [-0.2, -0.15) is 0 Å². The minimum Gasteiger partial charge on any atom is -0.377 e. The highest BCUT2D eigenvalue weighted by atomic mass is 79.9. The van der Waals surface area contributed by atoms with E-state index in [0.29, 0.717) is 18.7 Å². The van der Waals surface area contributed by atoms with Gasteiger partial charge in [0.2, 0.25) is 0 Å². The lowest BCUT2D eigenvalue weighted by Gasteiger charge is -2.15. The average Bonchev–Trinajstić information content (AvgIpc) is 2.81. The number of likely N-dealkylation sites (tertiary alicyclic amines) is 1. The van der Waals surface area contributed by atoms with Crippen LogP contribution in [0.2, 0.25) is 0 Å². The maximum absolute atomic E-state index is 12.3. The molecule has 1 aromatic rings. The van der Waals surface area contributed by atoms with Gasteiger partial charge < -0.3 is 14.4 Å². The van der Waals surface area contributed by atoms with Crippen LogP contribution in [-0.2, 0) is 9.47 Å². The summed E-state index contributed by atoms with van der Waals surface area (Å²) in [5, 5.41) is 0. The number of ether oxygens (including phenoxy) is 2. The molecule has 5 nitrogen and oxygen atoms in total. The molecule has 0 aromatic carbocycles. The molecule has 1 saturated heterocycles. The van der Waals surface area contributed by atoms with E-state index in [1.165, 1.54) is 0 Å². The molecule has 1 aliphatic rings. The molecule has 18 heavy (non-hydrogen) atoms. The molecule has 2 rings (SSSR count). The van der Waals surface area contributed by atoms with Crippen molar-refractivity contribution in [2.75, 3.05) is 27.3 Å². The molecule has 0 N–H and O–H groups in total. The van der Waals surface area contributed by atoms with E-state index in [9.17, 15) is 4.79 Å². The summed E-state index contributed by atoms with van der Waals surface area (Å²) in [6, 6.07) is 1.76. The Kier molecular flexibility index (Phi) is 4.31. The fourth-order valence-corrected chi connectivity index (χ4v) is 2.44. The zero-order valence-corrected chi connectivity index (χ0v) is 11.9. The highest BCUT2D eigenvalue weighted by molar-refractivity contribution is 9.10. The van der Waals surface area contributed by atoms with Crippen LogP contribution in [0, 0.1) is 0 Å². The first kappa shape index (κ1) is 13.5. The predicted octanol–water partition coefficient (Wildman–Crippen LogP) is 1.33. The molecule has 0 bridgehead atoms. The Morgan fingerprint density at radius 1 is 1.33 bits per heavy atom. The Hall–Kier alpha value is -0.980. The van der Waals surface area contributed by atoms with Crippen LogP contribution >= 0.6 is 15.9 Å². The van der Waals surface area contributed by atoms with Crippen molar-refractivity contribution in [3.63, 3.8) is 0 Å². The van der Waals surface area contributed by atoms with Gasteiger partial charge in [0.05, 0.1) is 5.56 Å². The second kappa shape index (κ2) is 5.77. The number of hydrogen-bond donors (Lipinski definition) is 0. The van der Waals surface area contributed by atoms with Crippen molar-refractivity contribution in [3.8, 4) is 0 Å². The van der Waals surface area contributed by atoms with E-state index in [1.54, 1.807) is 37.6 Å². The third kappa shape index (κ3) is 2.71. The van der Waals surface area contributed by atoms with Gasteiger partial charge in [-0.05, 0) is 22.0 Å². The lowest BCUT2D eigenvalue weighted by atomic mass is 10.2. The third-order valence-corrected chi connectivity index (χ3v) is 3.49. The third-order valence-electron chi connectivity index (χ3n) is 3.06. The SMILES string of the molecule is COC1CN(C(=O)c2cncc(Br)c2)CC1OC. The first-order chi connectivity index (χ1) is 8.65. The van der Waals surface area contributed by atoms with Gasteiger partial charge in [-0.15, -0.1) is 0 Å². The highest BCUT2D eigenvalue weighted by Gasteiger charge is 2.35. The van der Waals surface area contributed by atoms with Crippen LogP contribution in [0.4, 0.5) is 0 Å². The van der Waals surface area contributed by atoms with Crippen LogP contribution in [0.1, 0.15) is 10.4 Å². The van der Waals surface area contributed by atoms with E-state index in [1.807, 2.05) is 0 Å². The molecule has 0 spiro atoms. The van der Waals surface area contributed by atoms with Crippen molar-refractivity contribution >= 4 is 21.8 Å². The van der Waals surface area contributed by atoms with Gasteiger partial charge in [-0.25, -0.2) is 0 Å². The Labute approximate surface area is 114 Å². The normalized spacial score (nSPS) is 23.4. The number of methoxy groups -OCH3 is 2. The summed E-state index contributed by atoms with van der Waals surface area (Å²) in [6.45, 7) is 1.08. The molecule has 2 atom stereocenters. The number of pyridine rings is 1. The largest absolute Gasteiger partial charge is 0.377 e. The number of rotatable bonds is 3. The fourth-order valence-electron chi connectivity index (χ4n) is 2.07. The Balaban J connectivity index is 2.11. The number of carbonyl (C=O) groups excluding carboxylic acids is 1. The molecule has 1 aromatic heterocycles. The second-order valence-corrected chi connectivity index (χ2v) is 5.07. The number of carbonyl (C=O) groups is 1. The Morgan fingerprint density at radius 3 is 2.44 bits per heavy atom. The first-order valence-corrected chi connectivity index (χ1v) is 6.40. The fraction of sp³-hybridized carbons (Fsp3) is 0.500. The second-order valence-electron chi connectivity index (χ2n) is 4.15. The zero-order chi connectivity index (χ0) is 13.1. The number of hydrogen-bond acceptors (Lipinski definition) is 4. The van der Waals surface area contributed by atoms with Gasteiger partial charge in [-0.3, -0.25) is 9.78 Å². The molecule has 1 aliphatic heterocycles. The summed E-state index contributed by atoms with van der Waals surface area (Å²) in [7, 11) is 3.26. The summed E-state index contributed by atoms with van der Waals surface area (Å²) < 4.78 is 11.4. The van der Waals surface area contributed by atoms with Gasteiger partial charge >= 0.3 is 0 Å². The monoisotopic (exact) mass is 314 g/mol. The zero-order valence-electron chi connectivity index (χ0n) is 10.3. The summed E-state index contributed by atoms with van der Waals surface area (Å²) in [4.78, 5) is 18.0. The minimum absolute atomic E-state index is 0.0506.